The smallest absolute Gasteiger partial charge is 0.317 e. The van der Waals surface area contributed by atoms with Gasteiger partial charge >= 0.3 is 12.0 Å². The minimum Gasteiger partial charge on any atom is -0.481 e. The zero-order valence-electron chi connectivity index (χ0n) is 10.1. The number of rotatable bonds is 5. The number of nitrogens with zero attached hydrogens (tertiary/aromatic N) is 1. The number of urea groups is 1. The highest BCUT2D eigenvalue weighted by Crippen LogP contribution is 2.29. The molecule has 0 heterocycles. The van der Waals surface area contributed by atoms with Gasteiger partial charge in [0.2, 0.25) is 0 Å². The number of hydrogen-bond acceptors (Lipinski definition) is 2. The van der Waals surface area contributed by atoms with E-state index in [-0.39, 0.29) is 12.6 Å². The predicted octanol–water partition coefficient (Wildman–Crippen LogP) is 1.15. The highest BCUT2D eigenvalue weighted by Gasteiger charge is 2.29. The van der Waals surface area contributed by atoms with E-state index in [0.717, 1.165) is 6.54 Å². The first kappa shape index (κ1) is 12.8. The summed E-state index contributed by atoms with van der Waals surface area (Å²) < 4.78 is 0. The first-order valence-electron chi connectivity index (χ1n) is 5.55. The molecule has 1 fully saturated rings. The quantitative estimate of drug-likeness (QED) is 0.741. The van der Waals surface area contributed by atoms with Crippen molar-refractivity contribution in [3.8, 4) is 0 Å². The minimum absolute atomic E-state index is 0.149. The van der Waals surface area contributed by atoms with Crippen molar-refractivity contribution in [1.29, 1.82) is 0 Å². The summed E-state index contributed by atoms with van der Waals surface area (Å²) in [5.74, 6) is -0.263. The molecule has 5 nitrogen and oxygen atoms in total. The van der Waals surface area contributed by atoms with Crippen molar-refractivity contribution in [2.45, 2.75) is 26.7 Å². The number of amides is 2. The summed E-state index contributed by atoms with van der Waals surface area (Å²) in [6.45, 7) is 4.10. The molecule has 0 bridgehead atoms. The molecule has 92 valence electrons. The number of nitrogens with one attached hydrogen (secondary N) is 1. The summed E-state index contributed by atoms with van der Waals surface area (Å²) in [6.07, 6.45) is 2.39. The third-order valence-electron chi connectivity index (χ3n) is 2.84. The van der Waals surface area contributed by atoms with Crippen molar-refractivity contribution >= 4 is 12.0 Å². The van der Waals surface area contributed by atoms with E-state index in [1.807, 2.05) is 0 Å². The number of carbonyl (C=O) groups excluding carboxylic acids is 1. The molecule has 1 aliphatic carbocycles. The van der Waals surface area contributed by atoms with Crippen LogP contribution < -0.4 is 5.32 Å². The van der Waals surface area contributed by atoms with Gasteiger partial charge in [0.1, 0.15) is 0 Å². The van der Waals surface area contributed by atoms with Gasteiger partial charge in [0.25, 0.3) is 0 Å². The van der Waals surface area contributed by atoms with E-state index < -0.39 is 11.4 Å². The monoisotopic (exact) mass is 228 g/mol. The van der Waals surface area contributed by atoms with Crippen LogP contribution in [-0.2, 0) is 4.79 Å². The molecule has 0 aliphatic heterocycles. The maximum Gasteiger partial charge on any atom is 0.317 e. The van der Waals surface area contributed by atoms with Gasteiger partial charge in [-0.2, -0.15) is 0 Å². The number of aliphatic carboxylic acids is 1. The van der Waals surface area contributed by atoms with Gasteiger partial charge in [-0.25, -0.2) is 4.79 Å². The molecular formula is C11H20N2O3. The van der Waals surface area contributed by atoms with Crippen LogP contribution in [0.2, 0.25) is 0 Å². The van der Waals surface area contributed by atoms with Crippen LogP contribution in [0.4, 0.5) is 4.79 Å². The van der Waals surface area contributed by atoms with Crippen LogP contribution in [0.25, 0.3) is 0 Å². The Hall–Kier alpha value is -1.26. The van der Waals surface area contributed by atoms with E-state index in [1.165, 1.54) is 12.8 Å². The lowest BCUT2D eigenvalue weighted by Gasteiger charge is -2.23. The van der Waals surface area contributed by atoms with E-state index in [2.05, 4.69) is 5.32 Å². The van der Waals surface area contributed by atoms with E-state index in [1.54, 1.807) is 25.8 Å². The molecule has 2 amide bonds. The normalized spacial score (nSPS) is 15.7. The van der Waals surface area contributed by atoms with Crippen molar-refractivity contribution in [2.75, 3.05) is 20.1 Å². The molecule has 1 saturated carbocycles. The second kappa shape index (κ2) is 4.72. The largest absolute Gasteiger partial charge is 0.481 e. The van der Waals surface area contributed by atoms with Crippen LogP contribution >= 0.6 is 0 Å². The van der Waals surface area contributed by atoms with E-state index in [0.29, 0.717) is 5.92 Å². The fourth-order valence-corrected chi connectivity index (χ4v) is 1.28. The number of carboxylic acids is 1. The highest BCUT2D eigenvalue weighted by atomic mass is 16.4. The molecule has 2 N–H and O–H groups in total. The summed E-state index contributed by atoms with van der Waals surface area (Å²) >= 11 is 0. The Kier molecular flexibility index (Phi) is 3.78. The second-order valence-corrected chi connectivity index (χ2v) is 5.17. The van der Waals surface area contributed by atoms with E-state index >= 15 is 0 Å². The Bertz CT molecular complexity index is 285. The lowest BCUT2D eigenvalue weighted by atomic mass is 9.94. The van der Waals surface area contributed by atoms with Crippen molar-refractivity contribution in [3.05, 3.63) is 0 Å². The van der Waals surface area contributed by atoms with Gasteiger partial charge in [0.15, 0.2) is 0 Å². The molecule has 1 rings (SSSR count). The molecule has 0 spiro atoms. The summed E-state index contributed by atoms with van der Waals surface area (Å²) in [7, 11) is 1.74. The Morgan fingerprint density at radius 2 is 2.00 bits per heavy atom. The van der Waals surface area contributed by atoms with Crippen molar-refractivity contribution in [3.63, 3.8) is 0 Å². The van der Waals surface area contributed by atoms with Crippen molar-refractivity contribution in [1.82, 2.24) is 10.2 Å². The Morgan fingerprint density at radius 1 is 1.44 bits per heavy atom. The van der Waals surface area contributed by atoms with Crippen LogP contribution in [0.5, 0.6) is 0 Å². The van der Waals surface area contributed by atoms with Crippen LogP contribution in [0, 0.1) is 11.3 Å². The van der Waals surface area contributed by atoms with Crippen LogP contribution in [0.1, 0.15) is 26.7 Å². The molecule has 0 saturated heterocycles. The van der Waals surface area contributed by atoms with Gasteiger partial charge in [-0.3, -0.25) is 4.79 Å². The molecule has 1 aliphatic rings. The molecule has 0 unspecified atom stereocenters. The first-order valence-corrected chi connectivity index (χ1v) is 5.55. The fraction of sp³-hybridized carbons (Fsp3) is 0.818. The fourth-order valence-electron chi connectivity index (χ4n) is 1.28. The summed E-state index contributed by atoms with van der Waals surface area (Å²) in [5.41, 5.74) is -0.921. The molecule has 0 aromatic rings. The predicted molar refractivity (Wildman–Crippen MR) is 60.2 cm³/mol. The molecule has 0 aromatic heterocycles. The molecule has 0 atom stereocenters. The van der Waals surface area contributed by atoms with Gasteiger partial charge in [-0.15, -0.1) is 0 Å². The topological polar surface area (TPSA) is 69.6 Å². The number of carbonyl (C=O) groups is 2. The first-order chi connectivity index (χ1) is 7.33. The zero-order valence-corrected chi connectivity index (χ0v) is 10.1. The van der Waals surface area contributed by atoms with Crippen LogP contribution in [0.15, 0.2) is 0 Å². The SMILES string of the molecule is CN(CC1CC1)C(=O)NCC(C)(C)C(=O)O. The number of carboxylic acid groups (broad SMARTS) is 1. The minimum atomic E-state index is -0.921. The summed E-state index contributed by atoms with van der Waals surface area (Å²) in [6, 6.07) is -0.193. The van der Waals surface area contributed by atoms with E-state index in [4.69, 9.17) is 5.11 Å². The van der Waals surface area contributed by atoms with Gasteiger partial charge in [-0.1, -0.05) is 0 Å². The molecular weight excluding hydrogens is 208 g/mol. The third-order valence-corrected chi connectivity index (χ3v) is 2.84. The molecule has 5 heteroatoms. The average molecular weight is 228 g/mol. The third kappa shape index (κ3) is 3.72. The second-order valence-electron chi connectivity index (χ2n) is 5.17. The lowest BCUT2D eigenvalue weighted by Crippen LogP contribution is -2.44. The maximum absolute atomic E-state index is 11.6. The summed E-state index contributed by atoms with van der Waals surface area (Å²) in [4.78, 5) is 24.0. The Balaban J connectivity index is 2.30. The van der Waals surface area contributed by atoms with Gasteiger partial charge in [-0.05, 0) is 32.6 Å². The molecule has 0 radical (unpaired) electrons. The average Bonchev–Trinajstić information content (AvgIpc) is 2.97. The van der Waals surface area contributed by atoms with Gasteiger partial charge in [0, 0.05) is 20.1 Å². The molecule has 16 heavy (non-hydrogen) atoms. The van der Waals surface area contributed by atoms with Crippen molar-refractivity contribution in [2.24, 2.45) is 11.3 Å². The zero-order chi connectivity index (χ0) is 12.3. The van der Waals surface area contributed by atoms with Gasteiger partial charge < -0.3 is 15.3 Å². The van der Waals surface area contributed by atoms with Gasteiger partial charge in [0.05, 0.1) is 5.41 Å². The number of hydrogen-bond donors (Lipinski definition) is 2. The van der Waals surface area contributed by atoms with Crippen LogP contribution in [0.3, 0.4) is 0 Å². The molecule has 0 aromatic carbocycles. The van der Waals surface area contributed by atoms with Crippen molar-refractivity contribution < 1.29 is 14.7 Å². The van der Waals surface area contributed by atoms with E-state index in [9.17, 15) is 9.59 Å². The lowest BCUT2D eigenvalue weighted by molar-refractivity contribution is -0.146. The maximum atomic E-state index is 11.6. The standard InChI is InChI=1S/C11H20N2O3/c1-11(2,9(14)15)7-12-10(16)13(3)6-8-4-5-8/h8H,4-7H2,1-3H3,(H,12,16)(H,14,15). The summed E-state index contributed by atoms with van der Waals surface area (Å²) in [5, 5.41) is 11.5. The highest BCUT2D eigenvalue weighted by molar-refractivity contribution is 5.77. The Morgan fingerprint density at radius 3 is 2.44 bits per heavy atom. The Labute approximate surface area is 95.8 Å². The van der Waals surface area contributed by atoms with Crippen LogP contribution in [-0.4, -0.2) is 42.1 Å².